The fourth-order valence-corrected chi connectivity index (χ4v) is 2.45. The second-order valence-electron chi connectivity index (χ2n) is 5.80. The van der Waals surface area contributed by atoms with E-state index in [1.165, 1.54) is 12.8 Å². The highest BCUT2D eigenvalue weighted by Gasteiger charge is 2.17. The lowest BCUT2D eigenvalue weighted by atomic mass is 10.1. The van der Waals surface area contributed by atoms with Gasteiger partial charge in [-0.25, -0.2) is 4.79 Å². The minimum atomic E-state index is -0.286. The highest BCUT2D eigenvalue weighted by atomic mass is 16.2. The molecule has 0 heterocycles. The summed E-state index contributed by atoms with van der Waals surface area (Å²) in [6.07, 6.45) is 4.50. The van der Waals surface area contributed by atoms with E-state index in [0.29, 0.717) is 23.8 Å². The van der Waals surface area contributed by atoms with Crippen molar-refractivity contribution in [1.82, 2.24) is 10.6 Å². The Morgan fingerprint density at radius 1 is 1.18 bits per heavy atom. The van der Waals surface area contributed by atoms with Crippen molar-refractivity contribution < 1.29 is 9.59 Å². The normalized spacial score (nSPS) is 14.4. The van der Waals surface area contributed by atoms with Crippen LogP contribution in [0.25, 0.3) is 0 Å². The summed E-state index contributed by atoms with van der Waals surface area (Å²) in [6, 6.07) is 6.91. The number of carbonyl (C=O) groups excluding carboxylic acids is 2. The van der Waals surface area contributed by atoms with Gasteiger partial charge < -0.3 is 16.0 Å². The second kappa shape index (κ2) is 7.64. The van der Waals surface area contributed by atoms with Gasteiger partial charge in [-0.15, -0.1) is 0 Å². The van der Waals surface area contributed by atoms with Crippen LogP contribution in [0, 0.1) is 0 Å². The van der Waals surface area contributed by atoms with Gasteiger partial charge in [-0.05, 0) is 44.0 Å². The molecule has 0 bridgehead atoms. The molecule has 1 aliphatic rings. The van der Waals surface area contributed by atoms with Crippen LogP contribution in [0.4, 0.5) is 10.5 Å². The fraction of sp³-hybridized carbons (Fsp3) is 0.412. The maximum atomic E-state index is 12.1. The van der Waals surface area contributed by atoms with E-state index in [1.807, 2.05) is 6.92 Å². The highest BCUT2D eigenvalue weighted by Crippen LogP contribution is 2.18. The molecule has 2 rings (SSSR count). The number of benzene rings is 1. The molecule has 0 unspecified atom stereocenters. The van der Waals surface area contributed by atoms with Crippen LogP contribution in [0.3, 0.4) is 0 Å². The summed E-state index contributed by atoms with van der Waals surface area (Å²) in [6.45, 7) is 6.00. The van der Waals surface area contributed by atoms with Crippen LogP contribution in [0.1, 0.15) is 43.0 Å². The molecular weight excluding hydrogens is 278 g/mol. The SMILES string of the molecule is C=C(C)CNC(=O)Nc1ccc(C(=O)NC2CCCC2)cc1. The predicted molar refractivity (Wildman–Crippen MR) is 88.0 cm³/mol. The third-order valence-corrected chi connectivity index (χ3v) is 3.65. The molecule has 1 fully saturated rings. The van der Waals surface area contributed by atoms with E-state index < -0.39 is 0 Å². The molecule has 0 aromatic heterocycles. The summed E-state index contributed by atoms with van der Waals surface area (Å²) in [5, 5.41) is 8.44. The van der Waals surface area contributed by atoms with E-state index in [0.717, 1.165) is 18.4 Å². The molecule has 0 atom stereocenters. The zero-order valence-electron chi connectivity index (χ0n) is 12.9. The van der Waals surface area contributed by atoms with Crippen molar-refractivity contribution in [1.29, 1.82) is 0 Å². The summed E-state index contributed by atoms with van der Waals surface area (Å²) in [4.78, 5) is 23.7. The number of hydrogen-bond donors (Lipinski definition) is 3. The van der Waals surface area contributed by atoms with Crippen LogP contribution in [0.5, 0.6) is 0 Å². The lowest BCUT2D eigenvalue weighted by molar-refractivity contribution is 0.0938. The Hall–Kier alpha value is -2.30. The van der Waals surface area contributed by atoms with Crippen molar-refractivity contribution in [3.8, 4) is 0 Å². The summed E-state index contributed by atoms with van der Waals surface area (Å²) < 4.78 is 0. The molecule has 1 saturated carbocycles. The molecule has 0 aliphatic heterocycles. The summed E-state index contributed by atoms with van der Waals surface area (Å²) in [7, 11) is 0. The number of nitrogens with one attached hydrogen (secondary N) is 3. The first kappa shape index (κ1) is 16.1. The van der Waals surface area contributed by atoms with Gasteiger partial charge in [0.2, 0.25) is 0 Å². The molecule has 0 radical (unpaired) electrons. The van der Waals surface area contributed by atoms with Gasteiger partial charge in [-0.1, -0.05) is 25.0 Å². The lowest BCUT2D eigenvalue weighted by Gasteiger charge is -2.12. The summed E-state index contributed by atoms with van der Waals surface area (Å²) in [5.74, 6) is -0.0508. The average molecular weight is 301 g/mol. The number of rotatable bonds is 5. The zero-order chi connectivity index (χ0) is 15.9. The first-order valence-corrected chi connectivity index (χ1v) is 7.65. The third kappa shape index (κ3) is 4.91. The molecule has 3 amide bonds. The molecule has 1 aliphatic carbocycles. The Balaban J connectivity index is 1.85. The molecule has 5 heteroatoms. The van der Waals surface area contributed by atoms with Crippen LogP contribution < -0.4 is 16.0 Å². The third-order valence-electron chi connectivity index (χ3n) is 3.65. The van der Waals surface area contributed by atoms with E-state index in [1.54, 1.807) is 24.3 Å². The molecule has 5 nitrogen and oxygen atoms in total. The molecular formula is C17H23N3O2. The fourth-order valence-electron chi connectivity index (χ4n) is 2.45. The molecule has 1 aromatic rings. The van der Waals surface area contributed by atoms with Gasteiger partial charge in [0.05, 0.1) is 0 Å². The Morgan fingerprint density at radius 3 is 2.41 bits per heavy atom. The zero-order valence-corrected chi connectivity index (χ0v) is 12.9. The monoisotopic (exact) mass is 301 g/mol. The van der Waals surface area contributed by atoms with Gasteiger partial charge in [0, 0.05) is 23.8 Å². The Morgan fingerprint density at radius 2 is 1.82 bits per heavy atom. The standard InChI is InChI=1S/C17H23N3O2/c1-12(2)11-18-17(22)20-15-9-7-13(8-10-15)16(21)19-14-5-3-4-6-14/h7-10,14H,1,3-6,11H2,2H3,(H,19,21)(H2,18,20,22). The summed E-state index contributed by atoms with van der Waals surface area (Å²) in [5.41, 5.74) is 2.14. The Kier molecular flexibility index (Phi) is 5.58. The van der Waals surface area contributed by atoms with Crippen molar-refractivity contribution in [2.24, 2.45) is 0 Å². The van der Waals surface area contributed by atoms with Crippen molar-refractivity contribution in [3.63, 3.8) is 0 Å². The topological polar surface area (TPSA) is 70.2 Å². The van der Waals surface area contributed by atoms with Gasteiger partial charge in [0.25, 0.3) is 5.91 Å². The average Bonchev–Trinajstić information content (AvgIpc) is 2.99. The summed E-state index contributed by atoms with van der Waals surface area (Å²) >= 11 is 0. The molecule has 1 aromatic carbocycles. The van der Waals surface area contributed by atoms with Gasteiger partial charge in [-0.2, -0.15) is 0 Å². The maximum absolute atomic E-state index is 12.1. The molecule has 0 spiro atoms. The van der Waals surface area contributed by atoms with E-state index in [4.69, 9.17) is 0 Å². The van der Waals surface area contributed by atoms with Crippen LogP contribution >= 0.6 is 0 Å². The largest absolute Gasteiger partial charge is 0.349 e. The van der Waals surface area contributed by atoms with Crippen molar-refractivity contribution in [3.05, 3.63) is 42.0 Å². The Labute approximate surface area is 131 Å². The smallest absolute Gasteiger partial charge is 0.319 e. The van der Waals surface area contributed by atoms with Crippen molar-refractivity contribution in [2.75, 3.05) is 11.9 Å². The quantitative estimate of drug-likeness (QED) is 0.732. The van der Waals surface area contributed by atoms with Crippen LogP contribution in [0.2, 0.25) is 0 Å². The van der Waals surface area contributed by atoms with Crippen molar-refractivity contribution >= 4 is 17.6 Å². The molecule has 118 valence electrons. The number of amides is 3. The minimum absolute atomic E-state index is 0.0508. The Bertz CT molecular complexity index is 546. The van der Waals surface area contributed by atoms with E-state index in [-0.39, 0.29) is 11.9 Å². The molecule has 3 N–H and O–H groups in total. The molecule has 22 heavy (non-hydrogen) atoms. The van der Waals surface area contributed by atoms with E-state index in [2.05, 4.69) is 22.5 Å². The van der Waals surface area contributed by atoms with E-state index >= 15 is 0 Å². The first-order valence-electron chi connectivity index (χ1n) is 7.65. The number of hydrogen-bond acceptors (Lipinski definition) is 2. The number of anilines is 1. The van der Waals surface area contributed by atoms with Gasteiger partial charge in [-0.3, -0.25) is 4.79 Å². The maximum Gasteiger partial charge on any atom is 0.319 e. The minimum Gasteiger partial charge on any atom is -0.349 e. The van der Waals surface area contributed by atoms with Crippen LogP contribution in [-0.2, 0) is 0 Å². The van der Waals surface area contributed by atoms with Gasteiger partial charge in [0.1, 0.15) is 0 Å². The first-order chi connectivity index (χ1) is 10.5. The van der Waals surface area contributed by atoms with Gasteiger partial charge in [0.15, 0.2) is 0 Å². The molecule has 0 saturated heterocycles. The number of urea groups is 1. The highest BCUT2D eigenvalue weighted by molar-refractivity contribution is 5.95. The van der Waals surface area contributed by atoms with Crippen LogP contribution in [0.15, 0.2) is 36.4 Å². The van der Waals surface area contributed by atoms with Crippen LogP contribution in [-0.4, -0.2) is 24.5 Å². The van der Waals surface area contributed by atoms with Gasteiger partial charge >= 0.3 is 6.03 Å². The van der Waals surface area contributed by atoms with E-state index in [9.17, 15) is 9.59 Å². The number of carbonyl (C=O) groups is 2. The van der Waals surface area contributed by atoms with Crippen molar-refractivity contribution in [2.45, 2.75) is 38.6 Å². The predicted octanol–water partition coefficient (Wildman–Crippen LogP) is 3.06. The second-order valence-corrected chi connectivity index (χ2v) is 5.80. The lowest BCUT2D eigenvalue weighted by Crippen LogP contribution is -2.32.